The lowest BCUT2D eigenvalue weighted by atomic mass is 10.1. The lowest BCUT2D eigenvalue weighted by Crippen LogP contribution is -2.01. The van der Waals surface area contributed by atoms with Crippen LogP contribution in [0.25, 0.3) is 0 Å². The van der Waals surface area contributed by atoms with Crippen LogP contribution in [0.3, 0.4) is 0 Å². The van der Waals surface area contributed by atoms with E-state index in [1.54, 1.807) is 24.3 Å². The minimum Gasteiger partial charge on any atom is -0.490 e. The topological polar surface area (TPSA) is 51.8 Å². The fraction of sp³-hybridized carbons (Fsp3) is 0.286. The quantitative estimate of drug-likeness (QED) is 0.882. The first kappa shape index (κ1) is 13.8. The molecular formula is C14H12BrClO4. The molecule has 3 rings (SSSR count). The Morgan fingerprint density at radius 1 is 1.15 bits per heavy atom. The molecule has 2 heterocycles. The maximum atomic E-state index is 10.4. The average molecular weight is 360 g/mol. The lowest BCUT2D eigenvalue weighted by Gasteiger charge is -2.14. The molecule has 106 valence electrons. The summed E-state index contributed by atoms with van der Waals surface area (Å²) in [5, 5.41) is 10.6. The zero-order valence-corrected chi connectivity index (χ0v) is 12.8. The van der Waals surface area contributed by atoms with Crippen molar-refractivity contribution in [3.8, 4) is 11.5 Å². The minimum absolute atomic E-state index is 0.240. The van der Waals surface area contributed by atoms with E-state index in [9.17, 15) is 5.11 Å². The van der Waals surface area contributed by atoms with E-state index in [0.29, 0.717) is 36.0 Å². The van der Waals surface area contributed by atoms with Crippen LogP contribution in [0, 0.1) is 0 Å². The van der Waals surface area contributed by atoms with Crippen molar-refractivity contribution in [1.82, 2.24) is 0 Å². The Balaban J connectivity index is 1.99. The fourth-order valence-corrected chi connectivity index (χ4v) is 2.73. The van der Waals surface area contributed by atoms with Crippen LogP contribution in [0.4, 0.5) is 0 Å². The summed E-state index contributed by atoms with van der Waals surface area (Å²) in [6, 6.07) is 6.79. The molecule has 0 aliphatic carbocycles. The van der Waals surface area contributed by atoms with Crippen LogP contribution < -0.4 is 9.47 Å². The van der Waals surface area contributed by atoms with Crippen molar-refractivity contribution in [3.63, 3.8) is 0 Å². The molecule has 6 heteroatoms. The molecule has 4 nitrogen and oxygen atoms in total. The highest BCUT2D eigenvalue weighted by Gasteiger charge is 2.21. The second kappa shape index (κ2) is 5.68. The van der Waals surface area contributed by atoms with Crippen LogP contribution in [0.5, 0.6) is 11.5 Å². The van der Waals surface area contributed by atoms with Crippen LogP contribution in [-0.4, -0.2) is 18.3 Å². The van der Waals surface area contributed by atoms with Crippen LogP contribution >= 0.6 is 27.5 Å². The highest BCUT2D eigenvalue weighted by molar-refractivity contribution is 9.10. The zero-order chi connectivity index (χ0) is 14.1. The van der Waals surface area contributed by atoms with Gasteiger partial charge in [0.15, 0.2) is 16.7 Å². The summed E-state index contributed by atoms with van der Waals surface area (Å²) >= 11 is 9.17. The van der Waals surface area contributed by atoms with Crippen molar-refractivity contribution < 1.29 is 19.0 Å². The molecule has 0 saturated carbocycles. The van der Waals surface area contributed by atoms with E-state index in [-0.39, 0.29) is 5.22 Å². The number of furan rings is 1. The Labute approximate surface area is 129 Å². The van der Waals surface area contributed by atoms with Gasteiger partial charge in [-0.1, -0.05) is 15.9 Å². The Bertz CT molecular complexity index is 626. The molecule has 1 aromatic carbocycles. The Hall–Kier alpha value is -1.17. The smallest absolute Gasteiger partial charge is 0.193 e. The summed E-state index contributed by atoms with van der Waals surface area (Å²) < 4.78 is 17.2. The molecule has 2 aromatic rings. The van der Waals surface area contributed by atoms with Gasteiger partial charge >= 0.3 is 0 Å². The summed E-state index contributed by atoms with van der Waals surface area (Å²) in [6.45, 7) is 1.21. The molecule has 1 aliphatic heterocycles. The fourth-order valence-electron chi connectivity index (χ4n) is 2.04. The molecule has 20 heavy (non-hydrogen) atoms. The molecule has 0 radical (unpaired) electrons. The monoisotopic (exact) mass is 358 g/mol. The van der Waals surface area contributed by atoms with Crippen LogP contribution in [0.2, 0.25) is 5.22 Å². The van der Waals surface area contributed by atoms with Gasteiger partial charge in [-0.15, -0.1) is 0 Å². The number of ether oxygens (including phenoxy) is 2. The number of hydrogen-bond acceptors (Lipinski definition) is 4. The predicted octanol–water partition coefficient (Wildman–Crippen LogP) is 3.94. The van der Waals surface area contributed by atoms with E-state index < -0.39 is 6.10 Å². The van der Waals surface area contributed by atoms with Crippen molar-refractivity contribution in [2.45, 2.75) is 12.5 Å². The second-order valence-corrected chi connectivity index (χ2v) is 5.64. The van der Waals surface area contributed by atoms with Gasteiger partial charge in [0, 0.05) is 16.5 Å². The summed E-state index contributed by atoms with van der Waals surface area (Å²) in [5.41, 5.74) is 0.639. The number of halogens is 2. The van der Waals surface area contributed by atoms with Crippen molar-refractivity contribution in [1.29, 1.82) is 0 Å². The highest BCUT2D eigenvalue weighted by atomic mass is 79.9. The van der Waals surface area contributed by atoms with E-state index in [4.69, 9.17) is 25.5 Å². The van der Waals surface area contributed by atoms with Gasteiger partial charge in [0.25, 0.3) is 0 Å². The van der Waals surface area contributed by atoms with Crippen LogP contribution in [0.15, 0.2) is 33.2 Å². The summed E-state index contributed by atoms with van der Waals surface area (Å²) in [6.07, 6.45) is -0.0909. The first-order valence-electron chi connectivity index (χ1n) is 6.17. The number of aliphatic hydroxyl groups is 1. The minimum atomic E-state index is -0.922. The maximum Gasteiger partial charge on any atom is 0.193 e. The van der Waals surface area contributed by atoms with E-state index in [2.05, 4.69) is 15.9 Å². The maximum absolute atomic E-state index is 10.4. The third-order valence-electron chi connectivity index (χ3n) is 3.02. The van der Waals surface area contributed by atoms with Crippen molar-refractivity contribution in [3.05, 3.63) is 45.3 Å². The molecule has 1 N–H and O–H groups in total. The number of hydrogen-bond donors (Lipinski definition) is 1. The van der Waals surface area contributed by atoms with Gasteiger partial charge in [0.05, 0.1) is 13.2 Å². The van der Waals surface area contributed by atoms with Gasteiger partial charge in [-0.25, -0.2) is 0 Å². The molecule has 1 atom stereocenters. The molecule has 1 unspecified atom stereocenters. The number of rotatable bonds is 2. The Morgan fingerprint density at radius 2 is 1.85 bits per heavy atom. The molecule has 0 saturated heterocycles. The van der Waals surface area contributed by atoms with E-state index in [0.717, 1.165) is 10.9 Å². The van der Waals surface area contributed by atoms with Gasteiger partial charge < -0.3 is 19.0 Å². The largest absolute Gasteiger partial charge is 0.490 e. The number of benzene rings is 1. The van der Waals surface area contributed by atoms with Crippen LogP contribution in [-0.2, 0) is 0 Å². The second-order valence-electron chi connectivity index (χ2n) is 4.42. The van der Waals surface area contributed by atoms with Gasteiger partial charge in [-0.05, 0) is 35.9 Å². The van der Waals surface area contributed by atoms with Gasteiger partial charge in [0.1, 0.15) is 11.9 Å². The van der Waals surface area contributed by atoms with E-state index >= 15 is 0 Å². The van der Waals surface area contributed by atoms with E-state index in [1.807, 2.05) is 0 Å². The van der Waals surface area contributed by atoms with Crippen molar-refractivity contribution in [2.75, 3.05) is 13.2 Å². The molecule has 0 fully saturated rings. The normalized spacial score (nSPS) is 15.8. The predicted molar refractivity (Wildman–Crippen MR) is 77.5 cm³/mol. The Kier molecular flexibility index (Phi) is 3.92. The SMILES string of the molecule is OC(c1ccc(Cl)o1)c1cc2c(cc1Br)OCCCO2. The molecule has 0 amide bonds. The third-order valence-corrected chi connectivity index (χ3v) is 3.91. The zero-order valence-electron chi connectivity index (χ0n) is 10.4. The molecular weight excluding hydrogens is 348 g/mol. The average Bonchev–Trinajstić information content (AvgIpc) is 2.73. The molecule has 0 spiro atoms. The van der Waals surface area contributed by atoms with Gasteiger partial charge in [-0.2, -0.15) is 0 Å². The third kappa shape index (κ3) is 2.66. The molecule has 1 aromatic heterocycles. The highest BCUT2D eigenvalue weighted by Crippen LogP contribution is 2.39. The summed E-state index contributed by atoms with van der Waals surface area (Å²) in [4.78, 5) is 0. The van der Waals surface area contributed by atoms with Gasteiger partial charge in [-0.3, -0.25) is 0 Å². The van der Waals surface area contributed by atoms with Crippen molar-refractivity contribution >= 4 is 27.5 Å². The standard InChI is InChI=1S/C14H12BrClO4/c15-9-7-12-11(18-4-1-5-19-12)6-8(9)14(17)10-2-3-13(16)20-10/h2-3,6-7,14,17H,1,4-5H2. The first-order valence-corrected chi connectivity index (χ1v) is 7.34. The molecule has 0 bridgehead atoms. The number of fused-ring (bicyclic) bond motifs is 1. The first-order chi connectivity index (χ1) is 9.65. The molecule has 1 aliphatic rings. The van der Waals surface area contributed by atoms with E-state index in [1.165, 1.54) is 0 Å². The van der Waals surface area contributed by atoms with Gasteiger partial charge in [0.2, 0.25) is 0 Å². The van der Waals surface area contributed by atoms with Crippen molar-refractivity contribution in [2.24, 2.45) is 0 Å². The summed E-state index contributed by atoms with van der Waals surface area (Å²) in [5.74, 6) is 1.67. The Morgan fingerprint density at radius 3 is 2.50 bits per heavy atom. The number of aliphatic hydroxyl groups excluding tert-OH is 1. The lowest BCUT2D eigenvalue weighted by molar-refractivity contribution is 0.188. The summed E-state index contributed by atoms with van der Waals surface area (Å²) in [7, 11) is 0. The van der Waals surface area contributed by atoms with Crippen LogP contribution in [0.1, 0.15) is 23.8 Å².